The maximum atomic E-state index is 12.2. The van der Waals surface area contributed by atoms with E-state index in [-0.39, 0.29) is 18.7 Å². The Balaban J connectivity index is 2.89. The summed E-state index contributed by atoms with van der Waals surface area (Å²) >= 11 is 0. The molecule has 1 rings (SSSR count). The van der Waals surface area contributed by atoms with E-state index in [0.717, 1.165) is 0 Å². The average Bonchev–Trinajstić information content (AvgIpc) is 2.35. The summed E-state index contributed by atoms with van der Waals surface area (Å²) in [6.45, 7) is 2.00. The van der Waals surface area contributed by atoms with Crippen LogP contribution < -0.4 is 4.31 Å². The Bertz CT molecular complexity index is 499. The fraction of sp³-hybridized carbons (Fsp3) is 0.462. The van der Waals surface area contributed by atoms with Crippen molar-refractivity contribution >= 4 is 21.7 Å². The number of sulfonamides is 1. The Morgan fingerprint density at radius 1 is 1.26 bits per heavy atom. The lowest BCUT2D eigenvalue weighted by molar-refractivity contribution is -0.137. The number of hydrogen-bond acceptors (Lipinski definition) is 3. The van der Waals surface area contributed by atoms with Crippen molar-refractivity contribution in [2.24, 2.45) is 0 Å². The zero-order valence-electron chi connectivity index (χ0n) is 10.9. The first-order valence-electron chi connectivity index (χ1n) is 6.24. The van der Waals surface area contributed by atoms with Crippen LogP contribution in [0.15, 0.2) is 30.3 Å². The van der Waals surface area contributed by atoms with E-state index >= 15 is 0 Å². The Kier molecular flexibility index (Phi) is 5.82. The minimum Gasteiger partial charge on any atom is -0.481 e. The van der Waals surface area contributed by atoms with E-state index in [1.165, 1.54) is 4.31 Å². The second kappa shape index (κ2) is 7.13. The van der Waals surface area contributed by atoms with Crippen molar-refractivity contribution in [2.45, 2.75) is 26.2 Å². The van der Waals surface area contributed by atoms with E-state index < -0.39 is 16.0 Å². The van der Waals surface area contributed by atoms with Gasteiger partial charge in [-0.15, -0.1) is 0 Å². The van der Waals surface area contributed by atoms with Crippen molar-refractivity contribution in [1.82, 2.24) is 0 Å². The summed E-state index contributed by atoms with van der Waals surface area (Å²) in [5.74, 6) is -0.851. The molecule has 0 heterocycles. The van der Waals surface area contributed by atoms with Gasteiger partial charge in [0.2, 0.25) is 10.0 Å². The van der Waals surface area contributed by atoms with Crippen LogP contribution in [0.4, 0.5) is 5.69 Å². The number of para-hydroxylation sites is 1. The van der Waals surface area contributed by atoms with E-state index in [1.54, 1.807) is 31.2 Å². The fourth-order valence-electron chi connectivity index (χ4n) is 1.77. The molecule has 0 atom stereocenters. The molecule has 0 aromatic heterocycles. The van der Waals surface area contributed by atoms with Gasteiger partial charge in [-0.2, -0.15) is 0 Å². The van der Waals surface area contributed by atoms with Crippen LogP contribution in [0.25, 0.3) is 0 Å². The van der Waals surface area contributed by atoms with E-state index in [2.05, 4.69) is 0 Å². The predicted molar refractivity (Wildman–Crippen MR) is 74.7 cm³/mol. The van der Waals surface area contributed by atoms with Gasteiger partial charge in [-0.25, -0.2) is 8.42 Å². The number of anilines is 1. The number of nitrogens with zero attached hydrogens (tertiary/aromatic N) is 1. The molecule has 0 spiro atoms. The van der Waals surface area contributed by atoms with Crippen LogP contribution in [0, 0.1) is 0 Å². The van der Waals surface area contributed by atoms with Gasteiger partial charge in [-0.05, 0) is 25.0 Å². The summed E-state index contributed by atoms with van der Waals surface area (Å²) in [6.07, 6.45) is 0.794. The minimum atomic E-state index is -3.38. The van der Waals surface area contributed by atoms with Crippen molar-refractivity contribution in [1.29, 1.82) is 0 Å². The molecule has 19 heavy (non-hydrogen) atoms. The van der Waals surface area contributed by atoms with Gasteiger partial charge in [-0.3, -0.25) is 9.10 Å². The number of rotatable bonds is 8. The van der Waals surface area contributed by atoms with E-state index in [4.69, 9.17) is 5.11 Å². The third kappa shape index (κ3) is 4.90. The molecule has 0 bridgehead atoms. The number of carbonyl (C=O) groups is 1. The topological polar surface area (TPSA) is 74.7 Å². The summed E-state index contributed by atoms with van der Waals surface area (Å²) in [6, 6.07) is 8.77. The number of carboxylic acids is 1. The average molecular weight is 285 g/mol. The van der Waals surface area contributed by atoms with Gasteiger partial charge in [0.05, 0.1) is 11.4 Å². The lowest BCUT2D eigenvalue weighted by Crippen LogP contribution is -2.34. The molecule has 0 saturated heterocycles. The van der Waals surface area contributed by atoms with Crippen LogP contribution >= 0.6 is 0 Å². The van der Waals surface area contributed by atoms with Gasteiger partial charge in [0.25, 0.3) is 0 Å². The Morgan fingerprint density at radius 3 is 2.42 bits per heavy atom. The molecule has 6 heteroatoms. The molecule has 1 N–H and O–H groups in total. The third-order valence-electron chi connectivity index (χ3n) is 2.59. The van der Waals surface area contributed by atoms with Crippen molar-refractivity contribution in [3.63, 3.8) is 0 Å². The summed E-state index contributed by atoms with van der Waals surface area (Å²) in [5.41, 5.74) is 0.585. The molecule has 0 fully saturated rings. The first-order chi connectivity index (χ1) is 8.97. The molecule has 0 radical (unpaired) electrons. The maximum Gasteiger partial charge on any atom is 0.303 e. The van der Waals surface area contributed by atoms with Gasteiger partial charge >= 0.3 is 5.97 Å². The lowest BCUT2D eigenvalue weighted by atomic mass is 10.3. The second-order valence-electron chi connectivity index (χ2n) is 4.22. The van der Waals surface area contributed by atoms with Gasteiger partial charge in [0.15, 0.2) is 0 Å². The molecular weight excluding hydrogens is 266 g/mol. The molecule has 0 amide bonds. The summed E-state index contributed by atoms with van der Waals surface area (Å²) in [4.78, 5) is 10.5. The van der Waals surface area contributed by atoms with Gasteiger partial charge in [0.1, 0.15) is 0 Å². The van der Waals surface area contributed by atoms with Crippen molar-refractivity contribution in [3.05, 3.63) is 30.3 Å². The molecule has 106 valence electrons. The third-order valence-corrected chi connectivity index (χ3v) is 4.58. The summed E-state index contributed by atoms with van der Waals surface area (Å²) < 4.78 is 25.7. The van der Waals surface area contributed by atoms with Crippen molar-refractivity contribution in [2.75, 3.05) is 16.6 Å². The molecule has 0 aliphatic heterocycles. The van der Waals surface area contributed by atoms with Crippen LogP contribution in [0.1, 0.15) is 26.2 Å². The first kappa shape index (κ1) is 15.5. The summed E-state index contributed by atoms with van der Waals surface area (Å²) in [5, 5.41) is 8.64. The smallest absolute Gasteiger partial charge is 0.303 e. The van der Waals surface area contributed by atoms with Crippen LogP contribution in [0.5, 0.6) is 0 Å². The summed E-state index contributed by atoms with van der Waals surface area (Å²) in [7, 11) is -3.38. The normalized spacial score (nSPS) is 11.2. The molecule has 1 aromatic rings. The van der Waals surface area contributed by atoms with E-state index in [0.29, 0.717) is 18.5 Å². The largest absolute Gasteiger partial charge is 0.481 e. The highest BCUT2D eigenvalue weighted by atomic mass is 32.2. The van der Waals surface area contributed by atoms with E-state index in [9.17, 15) is 13.2 Å². The highest BCUT2D eigenvalue weighted by molar-refractivity contribution is 7.92. The molecule has 5 nitrogen and oxygen atoms in total. The first-order valence-corrected chi connectivity index (χ1v) is 7.85. The van der Waals surface area contributed by atoms with Crippen LogP contribution in [0.2, 0.25) is 0 Å². The second-order valence-corrected chi connectivity index (χ2v) is 6.23. The zero-order chi connectivity index (χ0) is 14.3. The SMILES string of the molecule is CCCS(=O)(=O)N(CCCC(=O)O)c1ccccc1. The molecule has 1 aromatic carbocycles. The van der Waals surface area contributed by atoms with Gasteiger partial charge in [0, 0.05) is 13.0 Å². The standard InChI is InChI=1S/C13H19NO4S/c1-2-11-19(17,18)14(10-6-9-13(15)16)12-7-4-3-5-8-12/h3-5,7-8H,2,6,9-11H2,1H3,(H,15,16). The number of aliphatic carboxylic acids is 1. The predicted octanol–water partition coefficient (Wildman–Crippen LogP) is 2.10. The highest BCUT2D eigenvalue weighted by Crippen LogP contribution is 2.19. The van der Waals surface area contributed by atoms with Crippen molar-refractivity contribution in [3.8, 4) is 0 Å². The van der Waals surface area contributed by atoms with E-state index in [1.807, 2.05) is 6.07 Å². The Labute approximate surface area is 113 Å². The van der Waals surface area contributed by atoms with Crippen LogP contribution in [-0.4, -0.2) is 31.8 Å². The Hall–Kier alpha value is -1.56. The number of hydrogen-bond donors (Lipinski definition) is 1. The monoisotopic (exact) mass is 285 g/mol. The number of carboxylic acid groups (broad SMARTS) is 1. The molecule has 0 saturated carbocycles. The Morgan fingerprint density at radius 2 is 1.89 bits per heavy atom. The molecule has 0 aliphatic carbocycles. The quantitative estimate of drug-likeness (QED) is 0.793. The van der Waals surface area contributed by atoms with Crippen LogP contribution in [-0.2, 0) is 14.8 Å². The molecular formula is C13H19NO4S. The van der Waals surface area contributed by atoms with Gasteiger partial charge in [-0.1, -0.05) is 25.1 Å². The van der Waals surface area contributed by atoms with Gasteiger partial charge < -0.3 is 5.11 Å². The van der Waals surface area contributed by atoms with Crippen molar-refractivity contribution < 1.29 is 18.3 Å². The zero-order valence-corrected chi connectivity index (χ0v) is 11.8. The minimum absolute atomic E-state index is 0.0367. The molecule has 0 aliphatic rings. The fourth-order valence-corrected chi connectivity index (χ4v) is 3.35. The number of benzene rings is 1. The highest BCUT2D eigenvalue weighted by Gasteiger charge is 2.21. The maximum absolute atomic E-state index is 12.2. The lowest BCUT2D eigenvalue weighted by Gasteiger charge is -2.24. The molecule has 0 unspecified atom stereocenters. The van der Waals surface area contributed by atoms with Crippen LogP contribution in [0.3, 0.4) is 0 Å².